The van der Waals surface area contributed by atoms with Crippen molar-refractivity contribution in [3.63, 3.8) is 0 Å². The first-order chi connectivity index (χ1) is 9.06. The van der Waals surface area contributed by atoms with Crippen LogP contribution in [0.1, 0.15) is 37.9 Å². The Morgan fingerprint density at radius 3 is 2.89 bits per heavy atom. The number of fused-ring (bicyclic) bond motifs is 1. The molecule has 19 heavy (non-hydrogen) atoms. The first-order valence-corrected chi connectivity index (χ1v) is 6.95. The number of rotatable bonds is 4. The molecule has 1 aromatic rings. The third kappa shape index (κ3) is 2.77. The van der Waals surface area contributed by atoms with E-state index in [-0.39, 0.29) is 10.3 Å². The topological polar surface area (TPSA) is 61.2 Å². The maximum Gasteiger partial charge on any atom is 0.329 e. The molecule has 5 nitrogen and oxygen atoms in total. The molecule has 104 valence electrons. The van der Waals surface area contributed by atoms with E-state index in [9.17, 15) is 9.59 Å². The Bertz CT molecular complexity index is 557. The highest BCUT2D eigenvalue weighted by atomic mass is 35.5. The lowest BCUT2D eigenvalue weighted by atomic mass is 10.2. The second-order valence-corrected chi connectivity index (χ2v) is 5.11. The Labute approximate surface area is 120 Å². The number of nitrogens with zero attached hydrogens (tertiary/aromatic N) is 2. The van der Waals surface area contributed by atoms with Gasteiger partial charge in [0.05, 0.1) is 12.3 Å². The van der Waals surface area contributed by atoms with Crippen LogP contribution in [0.5, 0.6) is 0 Å². The normalized spacial score (nSPS) is 17.3. The Balaban J connectivity index is 2.26. The van der Waals surface area contributed by atoms with Crippen molar-refractivity contribution in [1.29, 1.82) is 0 Å². The van der Waals surface area contributed by atoms with Crippen molar-refractivity contribution in [3.05, 3.63) is 26.4 Å². The zero-order valence-corrected chi connectivity index (χ0v) is 12.0. The van der Waals surface area contributed by atoms with Gasteiger partial charge in [-0.3, -0.25) is 9.36 Å². The number of carbonyl (C=O) groups is 1. The summed E-state index contributed by atoms with van der Waals surface area (Å²) in [7, 11) is 0. The highest BCUT2D eigenvalue weighted by Gasteiger charge is 2.33. The molecule has 2 rings (SSSR count). The number of hydrogen-bond acceptors (Lipinski definition) is 4. The van der Waals surface area contributed by atoms with E-state index in [2.05, 4.69) is 4.98 Å². The van der Waals surface area contributed by atoms with Crippen LogP contribution < -0.4 is 5.56 Å². The quantitative estimate of drug-likeness (QED) is 0.633. The maximum atomic E-state index is 12.0. The lowest BCUT2D eigenvalue weighted by molar-refractivity contribution is -0.147. The van der Waals surface area contributed by atoms with Crippen molar-refractivity contribution < 1.29 is 9.53 Å². The van der Waals surface area contributed by atoms with Crippen molar-refractivity contribution in [2.75, 3.05) is 6.61 Å². The molecule has 1 aromatic heterocycles. The van der Waals surface area contributed by atoms with Gasteiger partial charge in [0, 0.05) is 0 Å². The van der Waals surface area contributed by atoms with Gasteiger partial charge in [-0.25, -0.2) is 9.78 Å². The summed E-state index contributed by atoms with van der Waals surface area (Å²) in [5.74, 6) is -0.410. The number of esters is 1. The van der Waals surface area contributed by atoms with Crippen LogP contribution in [-0.4, -0.2) is 22.1 Å². The molecule has 1 atom stereocenters. The molecule has 1 aliphatic heterocycles. The van der Waals surface area contributed by atoms with Gasteiger partial charge in [0.15, 0.2) is 10.3 Å². The predicted molar refractivity (Wildman–Crippen MR) is 71.7 cm³/mol. The van der Waals surface area contributed by atoms with Crippen LogP contribution in [0.2, 0.25) is 10.3 Å². The minimum absolute atomic E-state index is 0.174. The molecule has 0 saturated carbocycles. The number of unbranched alkanes of at least 4 members (excludes halogenated alkanes) is 1. The van der Waals surface area contributed by atoms with Crippen molar-refractivity contribution in [2.45, 2.75) is 38.6 Å². The van der Waals surface area contributed by atoms with Crippen LogP contribution in [0.4, 0.5) is 0 Å². The van der Waals surface area contributed by atoms with E-state index in [1.54, 1.807) is 0 Å². The van der Waals surface area contributed by atoms with Crippen molar-refractivity contribution >= 4 is 29.2 Å². The van der Waals surface area contributed by atoms with Crippen LogP contribution in [0.15, 0.2) is 4.79 Å². The monoisotopic (exact) mass is 304 g/mol. The van der Waals surface area contributed by atoms with Crippen LogP contribution in [0, 0.1) is 0 Å². The van der Waals surface area contributed by atoms with Gasteiger partial charge in [-0.15, -0.1) is 0 Å². The molecule has 0 aliphatic carbocycles. The minimum Gasteiger partial charge on any atom is -0.464 e. The second kappa shape index (κ2) is 5.92. The highest BCUT2D eigenvalue weighted by molar-refractivity contribution is 6.32. The Morgan fingerprint density at radius 1 is 1.47 bits per heavy atom. The molecule has 0 bridgehead atoms. The summed E-state index contributed by atoms with van der Waals surface area (Å²) in [6, 6.07) is -0.641. The van der Waals surface area contributed by atoms with Gasteiger partial charge in [-0.1, -0.05) is 36.5 Å². The van der Waals surface area contributed by atoms with Crippen molar-refractivity contribution in [1.82, 2.24) is 9.55 Å². The molecule has 0 amide bonds. The van der Waals surface area contributed by atoms with E-state index in [4.69, 9.17) is 27.9 Å². The fourth-order valence-corrected chi connectivity index (χ4v) is 2.60. The van der Waals surface area contributed by atoms with E-state index in [0.29, 0.717) is 25.1 Å². The van der Waals surface area contributed by atoms with Crippen LogP contribution in [0.3, 0.4) is 0 Å². The van der Waals surface area contributed by atoms with Gasteiger partial charge in [-0.2, -0.15) is 0 Å². The zero-order valence-electron chi connectivity index (χ0n) is 10.5. The summed E-state index contributed by atoms with van der Waals surface area (Å²) in [5, 5.41) is -0.0459. The summed E-state index contributed by atoms with van der Waals surface area (Å²) in [5.41, 5.74) is 0.0597. The largest absolute Gasteiger partial charge is 0.464 e. The Hall–Kier alpha value is -1.07. The SMILES string of the molecule is CCCCOC(=O)[C@H]1CCc2c(Cl)nc(Cl)c(=O)n21. The molecular weight excluding hydrogens is 291 g/mol. The smallest absolute Gasteiger partial charge is 0.329 e. The van der Waals surface area contributed by atoms with Crippen LogP contribution >= 0.6 is 23.2 Å². The van der Waals surface area contributed by atoms with E-state index in [0.717, 1.165) is 12.8 Å². The van der Waals surface area contributed by atoms with Gasteiger partial charge in [-0.05, 0) is 19.3 Å². The molecule has 0 saturated heterocycles. The standard InChI is InChI=1S/C12H14Cl2N2O3/c1-2-3-6-19-12(18)8-5-4-7-9(13)15-10(14)11(17)16(7)8/h8H,2-6H2,1H3/t8-/m1/s1. The molecule has 0 spiro atoms. The summed E-state index contributed by atoms with van der Waals surface area (Å²) in [6.45, 7) is 2.37. The van der Waals surface area contributed by atoms with Crippen molar-refractivity contribution in [3.8, 4) is 0 Å². The summed E-state index contributed by atoms with van der Waals surface area (Å²) in [4.78, 5) is 27.7. The average Bonchev–Trinajstić information content (AvgIpc) is 2.81. The fraction of sp³-hybridized carbons (Fsp3) is 0.583. The molecule has 0 fully saturated rings. The maximum absolute atomic E-state index is 12.0. The number of ether oxygens (including phenoxy) is 1. The summed E-state index contributed by atoms with van der Waals surface area (Å²) < 4.78 is 6.46. The van der Waals surface area contributed by atoms with Crippen LogP contribution in [0.25, 0.3) is 0 Å². The third-order valence-electron chi connectivity index (χ3n) is 3.10. The van der Waals surface area contributed by atoms with Gasteiger partial charge in [0.25, 0.3) is 5.56 Å². The molecule has 0 aromatic carbocycles. The molecule has 2 heterocycles. The van der Waals surface area contributed by atoms with E-state index in [1.807, 2.05) is 6.92 Å². The Kier molecular flexibility index (Phi) is 4.47. The number of aromatic nitrogens is 2. The molecule has 1 aliphatic rings. The molecule has 0 unspecified atom stereocenters. The highest BCUT2D eigenvalue weighted by Crippen LogP contribution is 2.29. The van der Waals surface area contributed by atoms with Crippen molar-refractivity contribution in [2.24, 2.45) is 0 Å². The summed E-state index contributed by atoms with van der Waals surface area (Å²) >= 11 is 11.6. The molecular formula is C12H14Cl2N2O3. The molecule has 7 heteroatoms. The zero-order chi connectivity index (χ0) is 14.0. The second-order valence-electron chi connectivity index (χ2n) is 4.39. The van der Waals surface area contributed by atoms with Gasteiger partial charge in [0.2, 0.25) is 0 Å². The lowest BCUT2D eigenvalue weighted by Gasteiger charge is -2.14. The van der Waals surface area contributed by atoms with Gasteiger partial charge in [0.1, 0.15) is 6.04 Å². The number of hydrogen-bond donors (Lipinski definition) is 0. The van der Waals surface area contributed by atoms with E-state index >= 15 is 0 Å². The third-order valence-corrected chi connectivity index (χ3v) is 3.65. The van der Waals surface area contributed by atoms with Gasteiger partial charge >= 0.3 is 5.97 Å². The Morgan fingerprint density at radius 2 is 2.21 bits per heavy atom. The molecule has 0 radical (unpaired) electrons. The van der Waals surface area contributed by atoms with Gasteiger partial charge < -0.3 is 4.74 Å². The van der Waals surface area contributed by atoms with E-state index in [1.165, 1.54) is 4.57 Å². The molecule has 0 N–H and O–H groups in total. The average molecular weight is 305 g/mol. The van der Waals surface area contributed by atoms with E-state index < -0.39 is 17.6 Å². The predicted octanol–water partition coefficient (Wildman–Crippen LogP) is 2.38. The first kappa shape index (κ1) is 14.3. The number of carbonyl (C=O) groups excluding carboxylic acids is 1. The first-order valence-electron chi connectivity index (χ1n) is 6.19. The lowest BCUT2D eigenvalue weighted by Crippen LogP contribution is -2.30. The number of halogens is 2. The summed E-state index contributed by atoms with van der Waals surface area (Å²) in [6.07, 6.45) is 2.75. The minimum atomic E-state index is -0.641. The fourth-order valence-electron chi connectivity index (χ4n) is 2.11. The van der Waals surface area contributed by atoms with Crippen LogP contribution in [-0.2, 0) is 16.0 Å².